The summed E-state index contributed by atoms with van der Waals surface area (Å²) in [5.74, 6) is 1.25. The minimum absolute atomic E-state index is 0.375. The number of hydrogen-bond acceptors (Lipinski definition) is 5. The molecule has 1 atom stereocenters. The van der Waals surface area contributed by atoms with Gasteiger partial charge in [0.05, 0.1) is 0 Å². The normalized spacial score (nSPS) is 27.0. The summed E-state index contributed by atoms with van der Waals surface area (Å²) in [6.07, 6.45) is 2.64. The van der Waals surface area contributed by atoms with Gasteiger partial charge in [-0.1, -0.05) is 5.16 Å². The maximum Gasteiger partial charge on any atom is 0.258 e. The first-order valence-electron chi connectivity index (χ1n) is 4.92. The highest BCUT2D eigenvalue weighted by Gasteiger charge is 2.37. The Kier molecular flexibility index (Phi) is 2.52. The van der Waals surface area contributed by atoms with Crippen molar-refractivity contribution in [2.24, 2.45) is 5.73 Å². The van der Waals surface area contributed by atoms with Crippen molar-refractivity contribution in [3.05, 3.63) is 11.7 Å². The predicted octanol–water partition coefficient (Wildman–Crippen LogP) is 0.596. The monoisotopic (exact) mass is 197 g/mol. The van der Waals surface area contributed by atoms with Crippen LogP contribution in [0.2, 0.25) is 0 Å². The van der Waals surface area contributed by atoms with Crippen LogP contribution in [0, 0.1) is 0 Å². The fraction of sp³-hybridized carbons (Fsp3) is 0.778. The van der Waals surface area contributed by atoms with Crippen LogP contribution in [-0.2, 0) is 16.8 Å². The van der Waals surface area contributed by atoms with Crippen LogP contribution < -0.4 is 5.73 Å². The smallest absolute Gasteiger partial charge is 0.258 e. The zero-order valence-corrected chi connectivity index (χ0v) is 8.32. The zero-order valence-electron chi connectivity index (χ0n) is 8.32. The fourth-order valence-corrected chi connectivity index (χ4v) is 1.65. The number of aromatic nitrogens is 2. The van der Waals surface area contributed by atoms with Crippen LogP contribution in [0.3, 0.4) is 0 Å². The Hall–Kier alpha value is -0.940. The van der Waals surface area contributed by atoms with Crippen LogP contribution in [0.5, 0.6) is 0 Å². The van der Waals surface area contributed by atoms with Crippen molar-refractivity contribution >= 4 is 0 Å². The van der Waals surface area contributed by atoms with Crippen molar-refractivity contribution < 1.29 is 9.26 Å². The Morgan fingerprint density at radius 2 is 2.43 bits per heavy atom. The van der Waals surface area contributed by atoms with E-state index in [-0.39, 0.29) is 5.60 Å². The Morgan fingerprint density at radius 1 is 1.57 bits per heavy atom. The zero-order chi connectivity index (χ0) is 10.0. The molecule has 14 heavy (non-hydrogen) atoms. The van der Waals surface area contributed by atoms with Crippen LogP contribution in [0.1, 0.15) is 31.5 Å². The molecule has 1 saturated heterocycles. The molecular formula is C9H15N3O2. The molecule has 1 aliphatic heterocycles. The molecule has 0 aliphatic carbocycles. The second-order valence-electron chi connectivity index (χ2n) is 3.74. The van der Waals surface area contributed by atoms with Crippen molar-refractivity contribution in [3.63, 3.8) is 0 Å². The molecule has 0 spiro atoms. The lowest BCUT2D eigenvalue weighted by atomic mass is 10.0. The van der Waals surface area contributed by atoms with Gasteiger partial charge in [-0.05, 0) is 26.3 Å². The predicted molar refractivity (Wildman–Crippen MR) is 49.6 cm³/mol. The molecule has 1 unspecified atom stereocenters. The highest BCUT2D eigenvalue weighted by molar-refractivity contribution is 4.99. The van der Waals surface area contributed by atoms with Crippen molar-refractivity contribution in [3.8, 4) is 0 Å². The maximum absolute atomic E-state index is 5.59. The van der Waals surface area contributed by atoms with Gasteiger partial charge in [-0.15, -0.1) is 0 Å². The number of nitrogens with two attached hydrogens (primary N) is 1. The number of rotatable bonds is 3. The number of ether oxygens (including phenoxy) is 1. The minimum atomic E-state index is -0.375. The second-order valence-corrected chi connectivity index (χ2v) is 3.74. The lowest BCUT2D eigenvalue weighted by molar-refractivity contribution is -0.00937. The van der Waals surface area contributed by atoms with E-state index in [2.05, 4.69) is 10.1 Å². The van der Waals surface area contributed by atoms with Gasteiger partial charge in [0.25, 0.3) is 5.89 Å². The molecule has 1 aliphatic rings. The number of hydrogen-bond donors (Lipinski definition) is 1. The molecule has 0 amide bonds. The maximum atomic E-state index is 5.59. The van der Waals surface area contributed by atoms with Gasteiger partial charge in [-0.2, -0.15) is 4.98 Å². The van der Waals surface area contributed by atoms with E-state index < -0.39 is 0 Å². The van der Waals surface area contributed by atoms with Crippen molar-refractivity contribution in [2.75, 3.05) is 13.2 Å². The average Bonchev–Trinajstić information content (AvgIpc) is 2.75. The molecule has 1 aromatic heterocycles. The molecule has 78 valence electrons. The van der Waals surface area contributed by atoms with Crippen molar-refractivity contribution in [2.45, 2.75) is 31.8 Å². The lowest BCUT2D eigenvalue weighted by Crippen LogP contribution is -2.20. The molecule has 1 fully saturated rings. The third kappa shape index (κ3) is 1.65. The molecule has 0 radical (unpaired) electrons. The summed E-state index contributed by atoms with van der Waals surface area (Å²) < 4.78 is 10.8. The molecule has 2 N–H and O–H groups in total. The Balaban J connectivity index is 2.15. The second kappa shape index (κ2) is 3.67. The Labute approximate surface area is 82.6 Å². The first kappa shape index (κ1) is 9.61. The Morgan fingerprint density at radius 3 is 3.07 bits per heavy atom. The molecule has 2 rings (SSSR count). The summed E-state index contributed by atoms with van der Waals surface area (Å²) in [5.41, 5.74) is 5.03. The van der Waals surface area contributed by atoms with Crippen molar-refractivity contribution in [1.82, 2.24) is 10.1 Å². The molecule has 0 aromatic carbocycles. The third-order valence-electron chi connectivity index (χ3n) is 2.51. The topological polar surface area (TPSA) is 74.2 Å². The molecule has 1 aromatic rings. The average molecular weight is 197 g/mol. The molecule has 5 heteroatoms. The summed E-state index contributed by atoms with van der Waals surface area (Å²) in [5, 5.41) is 3.85. The molecule has 5 nitrogen and oxygen atoms in total. The molecule has 2 heterocycles. The lowest BCUT2D eigenvalue weighted by Gasteiger charge is -2.16. The van der Waals surface area contributed by atoms with Crippen LogP contribution in [0.4, 0.5) is 0 Å². The van der Waals surface area contributed by atoms with Gasteiger partial charge in [0.2, 0.25) is 0 Å². The van der Waals surface area contributed by atoms with E-state index >= 15 is 0 Å². The van der Waals surface area contributed by atoms with E-state index in [9.17, 15) is 0 Å². The minimum Gasteiger partial charge on any atom is -0.365 e. The quantitative estimate of drug-likeness (QED) is 0.767. The first-order chi connectivity index (χ1) is 6.74. The van der Waals surface area contributed by atoms with Gasteiger partial charge in [0.1, 0.15) is 5.60 Å². The third-order valence-corrected chi connectivity index (χ3v) is 2.51. The van der Waals surface area contributed by atoms with E-state index in [1.165, 1.54) is 0 Å². The van der Waals surface area contributed by atoms with Crippen LogP contribution in [-0.4, -0.2) is 23.3 Å². The van der Waals surface area contributed by atoms with Gasteiger partial charge < -0.3 is 15.0 Å². The van der Waals surface area contributed by atoms with Crippen LogP contribution in [0.15, 0.2) is 4.52 Å². The highest BCUT2D eigenvalue weighted by atomic mass is 16.5. The van der Waals surface area contributed by atoms with Gasteiger partial charge in [-0.3, -0.25) is 0 Å². The van der Waals surface area contributed by atoms with E-state index in [1.807, 2.05) is 6.92 Å². The van der Waals surface area contributed by atoms with E-state index in [0.29, 0.717) is 24.7 Å². The summed E-state index contributed by atoms with van der Waals surface area (Å²) in [7, 11) is 0. The van der Waals surface area contributed by atoms with Crippen molar-refractivity contribution in [1.29, 1.82) is 0 Å². The number of nitrogens with zero attached hydrogens (tertiary/aromatic N) is 2. The standard InChI is InChI=1S/C9H15N3O2/c1-9(4-2-6-13-9)8-11-7(3-5-10)12-14-8/h2-6,10H2,1H3. The molecule has 0 bridgehead atoms. The molecular weight excluding hydrogens is 182 g/mol. The van der Waals surface area contributed by atoms with E-state index in [1.54, 1.807) is 0 Å². The summed E-state index contributed by atoms with van der Waals surface area (Å²) in [6.45, 7) is 3.29. The summed E-state index contributed by atoms with van der Waals surface area (Å²) in [4.78, 5) is 4.27. The van der Waals surface area contributed by atoms with Crippen LogP contribution in [0.25, 0.3) is 0 Å². The highest BCUT2D eigenvalue weighted by Crippen LogP contribution is 2.34. The fourth-order valence-electron chi connectivity index (χ4n) is 1.65. The van der Waals surface area contributed by atoms with Gasteiger partial charge in [0.15, 0.2) is 5.82 Å². The SMILES string of the molecule is CC1(c2nc(CCN)no2)CCCO1. The van der Waals surface area contributed by atoms with Gasteiger partial charge >= 0.3 is 0 Å². The van der Waals surface area contributed by atoms with Gasteiger partial charge in [0, 0.05) is 13.0 Å². The first-order valence-corrected chi connectivity index (χ1v) is 4.92. The summed E-state index contributed by atoms with van der Waals surface area (Å²) in [6, 6.07) is 0. The van der Waals surface area contributed by atoms with E-state index in [0.717, 1.165) is 19.4 Å². The largest absolute Gasteiger partial charge is 0.365 e. The van der Waals surface area contributed by atoms with Crippen LogP contribution >= 0.6 is 0 Å². The van der Waals surface area contributed by atoms with E-state index in [4.69, 9.17) is 15.0 Å². The van der Waals surface area contributed by atoms with Gasteiger partial charge in [-0.25, -0.2) is 0 Å². The Bertz CT molecular complexity index is 305. The molecule has 0 saturated carbocycles. The summed E-state index contributed by atoms with van der Waals surface area (Å²) >= 11 is 0.